The molecular weight excluding hydrogens is 274 g/mol. The van der Waals surface area contributed by atoms with Crippen LogP contribution in [-0.2, 0) is 9.53 Å². The molecule has 116 valence electrons. The van der Waals surface area contributed by atoms with Gasteiger partial charge in [0.1, 0.15) is 11.6 Å². The van der Waals surface area contributed by atoms with E-state index in [0.717, 1.165) is 6.42 Å². The molecule has 0 saturated carbocycles. The number of aromatic nitrogens is 2. The maximum Gasteiger partial charge on any atom is 0.411 e. The Kier molecular flexibility index (Phi) is 6.08. The minimum atomic E-state index is -0.960. The number of amides is 1. The average molecular weight is 295 g/mol. The van der Waals surface area contributed by atoms with Crippen LogP contribution in [0.5, 0.6) is 0 Å². The van der Waals surface area contributed by atoms with Crippen LogP contribution in [-0.4, -0.2) is 50.2 Å². The minimum Gasteiger partial charge on any atom is -0.480 e. The number of rotatable bonds is 1. The Hall–Kier alpha value is -2.18. The third-order valence-electron chi connectivity index (χ3n) is 2.64. The van der Waals surface area contributed by atoms with Crippen molar-refractivity contribution in [2.45, 2.75) is 45.3 Å². The summed E-state index contributed by atoms with van der Waals surface area (Å²) in [7, 11) is 0. The molecule has 7 nitrogen and oxygen atoms in total. The lowest BCUT2D eigenvalue weighted by Gasteiger charge is -2.26. The largest absolute Gasteiger partial charge is 0.480 e. The molecule has 0 aromatic carbocycles. The maximum absolute atomic E-state index is 11.6. The van der Waals surface area contributed by atoms with Gasteiger partial charge in [-0.1, -0.05) is 0 Å². The fourth-order valence-electron chi connectivity index (χ4n) is 1.82. The number of likely N-dealkylation sites (tertiary alicyclic amines) is 1. The third-order valence-corrected chi connectivity index (χ3v) is 2.64. The zero-order valence-electron chi connectivity index (χ0n) is 12.5. The van der Waals surface area contributed by atoms with Crippen LogP contribution in [0, 0.1) is 0 Å². The van der Waals surface area contributed by atoms with Gasteiger partial charge < -0.3 is 9.84 Å². The number of ether oxygens (including phenoxy) is 1. The van der Waals surface area contributed by atoms with Crippen LogP contribution in [0.1, 0.15) is 33.6 Å². The van der Waals surface area contributed by atoms with E-state index in [0.29, 0.717) is 13.0 Å². The molecular formula is C14H21N3O4. The van der Waals surface area contributed by atoms with E-state index in [-0.39, 0.29) is 0 Å². The summed E-state index contributed by atoms with van der Waals surface area (Å²) in [5.41, 5.74) is -0.581. The molecule has 1 N–H and O–H groups in total. The molecule has 1 aromatic heterocycles. The van der Waals surface area contributed by atoms with Crippen molar-refractivity contribution in [3.63, 3.8) is 0 Å². The van der Waals surface area contributed by atoms with Gasteiger partial charge >= 0.3 is 12.1 Å². The van der Waals surface area contributed by atoms with Crippen LogP contribution >= 0.6 is 0 Å². The molecule has 0 aliphatic carbocycles. The number of carboxylic acid groups (broad SMARTS) is 1. The molecule has 2 heterocycles. The molecule has 1 aliphatic rings. The zero-order valence-corrected chi connectivity index (χ0v) is 12.5. The topological polar surface area (TPSA) is 92.6 Å². The van der Waals surface area contributed by atoms with Crippen molar-refractivity contribution in [1.29, 1.82) is 0 Å². The number of carbonyl (C=O) groups is 2. The molecule has 0 spiro atoms. The first-order chi connectivity index (χ1) is 9.81. The first-order valence-electron chi connectivity index (χ1n) is 6.73. The lowest BCUT2D eigenvalue weighted by Crippen LogP contribution is -2.43. The highest BCUT2D eigenvalue weighted by Gasteiger charge is 2.36. The molecule has 1 amide bonds. The Morgan fingerprint density at radius 1 is 1.19 bits per heavy atom. The molecule has 1 aliphatic heterocycles. The number of carboxylic acids is 1. The van der Waals surface area contributed by atoms with Crippen molar-refractivity contribution in [1.82, 2.24) is 14.9 Å². The summed E-state index contributed by atoms with van der Waals surface area (Å²) in [6.45, 7) is 5.75. The predicted molar refractivity (Wildman–Crippen MR) is 75.6 cm³/mol. The summed E-state index contributed by atoms with van der Waals surface area (Å²) in [4.78, 5) is 31.2. The maximum atomic E-state index is 11.6. The molecule has 7 heteroatoms. The third kappa shape index (κ3) is 6.20. The fourth-order valence-corrected chi connectivity index (χ4v) is 1.82. The molecule has 1 atom stereocenters. The highest BCUT2D eigenvalue weighted by molar-refractivity contribution is 5.80. The second-order valence-electron chi connectivity index (χ2n) is 5.56. The minimum absolute atomic E-state index is 0.464. The van der Waals surface area contributed by atoms with Gasteiger partial charge in [-0.2, -0.15) is 0 Å². The Bertz CT molecular complexity index is 432. The van der Waals surface area contributed by atoms with E-state index in [4.69, 9.17) is 9.84 Å². The van der Waals surface area contributed by atoms with Crippen molar-refractivity contribution in [3.8, 4) is 0 Å². The molecule has 0 radical (unpaired) electrons. The molecule has 1 aromatic rings. The standard InChI is InChI=1S/C10H17NO4.C4H4N2/c1-10(2,3)15-9(14)11-6-4-5-7(11)8(12)13;1-2-6-4-3-5-1/h7H,4-6H2,1-3H3,(H,12,13);1-4H/t7-;/m0./s1. The van der Waals surface area contributed by atoms with Crippen molar-refractivity contribution in [2.24, 2.45) is 0 Å². The second-order valence-corrected chi connectivity index (χ2v) is 5.56. The number of aliphatic carboxylic acids is 1. The van der Waals surface area contributed by atoms with Crippen LogP contribution in [0.25, 0.3) is 0 Å². The van der Waals surface area contributed by atoms with Crippen molar-refractivity contribution in [3.05, 3.63) is 24.8 Å². The number of hydrogen-bond acceptors (Lipinski definition) is 5. The van der Waals surface area contributed by atoms with Crippen molar-refractivity contribution in [2.75, 3.05) is 6.54 Å². The van der Waals surface area contributed by atoms with Gasteiger partial charge in [0.25, 0.3) is 0 Å². The summed E-state index contributed by atoms with van der Waals surface area (Å²) in [5, 5.41) is 8.88. The van der Waals surface area contributed by atoms with E-state index in [9.17, 15) is 9.59 Å². The number of carbonyl (C=O) groups excluding carboxylic acids is 1. The normalized spacial score (nSPS) is 17.7. The SMILES string of the molecule is CC(C)(C)OC(=O)N1CCC[C@H]1C(=O)O.c1cnccn1. The van der Waals surface area contributed by atoms with Gasteiger partial charge in [0.15, 0.2) is 0 Å². The molecule has 0 bridgehead atoms. The molecule has 1 saturated heterocycles. The van der Waals surface area contributed by atoms with Crippen LogP contribution in [0.2, 0.25) is 0 Å². The molecule has 21 heavy (non-hydrogen) atoms. The zero-order chi connectivity index (χ0) is 15.9. The van der Waals surface area contributed by atoms with Gasteiger partial charge in [-0.05, 0) is 33.6 Å². The fraction of sp³-hybridized carbons (Fsp3) is 0.571. The second kappa shape index (κ2) is 7.56. The summed E-state index contributed by atoms with van der Waals surface area (Å²) >= 11 is 0. The van der Waals surface area contributed by atoms with Gasteiger partial charge in [-0.15, -0.1) is 0 Å². The van der Waals surface area contributed by atoms with E-state index in [1.807, 2.05) is 0 Å². The van der Waals surface area contributed by atoms with Crippen LogP contribution in [0.3, 0.4) is 0 Å². The summed E-state index contributed by atoms with van der Waals surface area (Å²) in [6, 6.07) is -0.722. The van der Waals surface area contributed by atoms with Gasteiger partial charge in [0, 0.05) is 31.3 Å². The summed E-state index contributed by atoms with van der Waals surface area (Å²) in [5.74, 6) is -0.960. The van der Waals surface area contributed by atoms with Crippen LogP contribution < -0.4 is 0 Å². The molecule has 2 rings (SSSR count). The Morgan fingerprint density at radius 3 is 2.10 bits per heavy atom. The van der Waals surface area contributed by atoms with Gasteiger partial charge in [0.05, 0.1) is 0 Å². The van der Waals surface area contributed by atoms with Crippen molar-refractivity contribution < 1.29 is 19.4 Å². The van der Waals surface area contributed by atoms with Crippen molar-refractivity contribution >= 4 is 12.1 Å². The summed E-state index contributed by atoms with van der Waals surface area (Å²) in [6.07, 6.45) is 7.25. The van der Waals surface area contributed by atoms with Crippen LogP contribution in [0.15, 0.2) is 24.8 Å². The van der Waals surface area contributed by atoms with Crippen LogP contribution in [0.4, 0.5) is 4.79 Å². The van der Waals surface area contributed by atoms with Gasteiger partial charge in [-0.25, -0.2) is 9.59 Å². The predicted octanol–water partition coefficient (Wildman–Crippen LogP) is 1.95. The highest BCUT2D eigenvalue weighted by atomic mass is 16.6. The highest BCUT2D eigenvalue weighted by Crippen LogP contribution is 2.20. The summed E-state index contributed by atoms with van der Waals surface area (Å²) < 4.78 is 5.13. The Balaban J connectivity index is 0.000000304. The van der Waals surface area contributed by atoms with E-state index < -0.39 is 23.7 Å². The quantitative estimate of drug-likeness (QED) is 0.851. The Labute approximate surface area is 124 Å². The Morgan fingerprint density at radius 2 is 1.71 bits per heavy atom. The van der Waals surface area contributed by atoms with E-state index in [1.165, 1.54) is 4.90 Å². The van der Waals surface area contributed by atoms with Gasteiger partial charge in [-0.3, -0.25) is 14.9 Å². The smallest absolute Gasteiger partial charge is 0.411 e. The first-order valence-corrected chi connectivity index (χ1v) is 6.73. The number of hydrogen-bond donors (Lipinski definition) is 1. The van der Waals surface area contributed by atoms with E-state index in [2.05, 4.69) is 9.97 Å². The number of nitrogens with zero attached hydrogens (tertiary/aromatic N) is 3. The monoisotopic (exact) mass is 295 g/mol. The van der Waals surface area contributed by atoms with E-state index >= 15 is 0 Å². The van der Waals surface area contributed by atoms with E-state index in [1.54, 1.807) is 45.6 Å². The lowest BCUT2D eigenvalue weighted by atomic mass is 10.2. The molecule has 0 unspecified atom stereocenters. The first kappa shape index (κ1) is 16.9. The van der Waals surface area contributed by atoms with Gasteiger partial charge in [0.2, 0.25) is 0 Å². The average Bonchev–Trinajstić information content (AvgIpc) is 2.89. The lowest BCUT2D eigenvalue weighted by molar-refractivity contribution is -0.142. The molecule has 1 fully saturated rings.